The molecule has 3 heterocycles. The molecule has 5 aromatic carbocycles. The first kappa shape index (κ1) is 20.1. The average molecular weight is 489 g/mol. The zero-order valence-corrected chi connectivity index (χ0v) is 20.6. The third-order valence-corrected chi connectivity index (χ3v) is 8.07. The first-order valence-electron chi connectivity index (χ1n) is 12.8. The van der Waals surface area contributed by atoms with Gasteiger partial charge in [-0.25, -0.2) is 0 Å². The summed E-state index contributed by atoms with van der Waals surface area (Å²) in [6, 6.07) is 27.3. The number of fused-ring (bicyclic) bond motifs is 3. The van der Waals surface area contributed by atoms with Gasteiger partial charge in [0, 0.05) is 43.4 Å². The van der Waals surface area contributed by atoms with Crippen LogP contribution in [0.25, 0.3) is 88.4 Å². The van der Waals surface area contributed by atoms with Crippen LogP contribution in [0.15, 0.2) is 105 Å². The Balaban J connectivity index is 1.45. The van der Waals surface area contributed by atoms with Gasteiger partial charge in [0.05, 0.1) is 0 Å². The summed E-state index contributed by atoms with van der Waals surface area (Å²) in [5.74, 6) is 0.829. The van der Waals surface area contributed by atoms with Gasteiger partial charge in [-0.3, -0.25) is 0 Å². The molecule has 0 amide bonds. The van der Waals surface area contributed by atoms with Crippen LogP contribution in [0.3, 0.4) is 0 Å². The molecule has 1 aliphatic rings. The molecule has 0 radical (unpaired) electrons. The highest BCUT2D eigenvalue weighted by Crippen LogP contribution is 2.51. The minimum absolute atomic E-state index is 0.829. The van der Waals surface area contributed by atoms with Crippen molar-refractivity contribution in [1.29, 1.82) is 0 Å². The van der Waals surface area contributed by atoms with Crippen molar-refractivity contribution in [2.24, 2.45) is 0 Å². The SMILES string of the molecule is C=C1c2c(/C=C\C)oc3ccc4ccc5oc6ccc(-c7ccc8c(c7)oc7ccccc78)c1c6c5c4c23. The molecule has 38 heavy (non-hydrogen) atoms. The molecule has 0 saturated carbocycles. The molecule has 1 aliphatic carbocycles. The smallest absolute Gasteiger partial charge is 0.136 e. The standard InChI is InChI=1S/C35H20O3/c1-3-6-25-31-18(2)30-21(20-9-12-23-22-7-4-5-8-24(22)36-29(23)17-20)13-16-28-33(30)35-27(38-28)15-11-19-10-14-26(37-25)34(31)32(19)35/h3-17H,2H2,1H3/b6-3-. The highest BCUT2D eigenvalue weighted by molar-refractivity contribution is 6.33. The van der Waals surface area contributed by atoms with Gasteiger partial charge >= 0.3 is 0 Å². The van der Waals surface area contributed by atoms with Crippen molar-refractivity contribution < 1.29 is 13.3 Å². The lowest BCUT2D eigenvalue weighted by atomic mass is 9.88. The van der Waals surface area contributed by atoms with Crippen LogP contribution in [0.1, 0.15) is 23.8 Å². The molecule has 0 N–H and O–H groups in total. The molecule has 178 valence electrons. The van der Waals surface area contributed by atoms with Crippen molar-refractivity contribution in [3.63, 3.8) is 0 Å². The molecule has 8 aromatic rings. The number of hydrogen-bond acceptors (Lipinski definition) is 3. The molecule has 3 heteroatoms. The van der Waals surface area contributed by atoms with Gasteiger partial charge < -0.3 is 13.3 Å². The average Bonchev–Trinajstić information content (AvgIpc) is 3.60. The summed E-state index contributed by atoms with van der Waals surface area (Å²) in [4.78, 5) is 0. The maximum Gasteiger partial charge on any atom is 0.136 e. The number of hydrogen-bond donors (Lipinski definition) is 0. The number of benzene rings is 5. The van der Waals surface area contributed by atoms with E-state index in [0.29, 0.717) is 0 Å². The Kier molecular flexibility index (Phi) is 3.62. The third kappa shape index (κ3) is 2.34. The van der Waals surface area contributed by atoms with Gasteiger partial charge in [-0.2, -0.15) is 0 Å². The lowest BCUT2D eigenvalue weighted by Gasteiger charge is -2.13. The fourth-order valence-electron chi connectivity index (χ4n) is 6.52. The molecule has 3 aromatic heterocycles. The normalized spacial score (nSPS) is 13.3. The minimum Gasteiger partial charge on any atom is -0.456 e. The van der Waals surface area contributed by atoms with E-state index in [9.17, 15) is 0 Å². The fourth-order valence-corrected chi connectivity index (χ4v) is 6.52. The van der Waals surface area contributed by atoms with Crippen molar-refractivity contribution in [3.05, 3.63) is 108 Å². The summed E-state index contributed by atoms with van der Waals surface area (Å²) < 4.78 is 19.1. The van der Waals surface area contributed by atoms with Gasteiger partial charge in [-0.1, -0.05) is 55.1 Å². The summed E-state index contributed by atoms with van der Waals surface area (Å²) in [5, 5.41) is 7.90. The van der Waals surface area contributed by atoms with Crippen LogP contribution >= 0.6 is 0 Å². The Labute approximate surface area is 216 Å². The maximum absolute atomic E-state index is 6.42. The van der Waals surface area contributed by atoms with Crippen molar-refractivity contribution in [1.82, 2.24) is 0 Å². The third-order valence-electron chi connectivity index (χ3n) is 8.07. The maximum atomic E-state index is 6.42. The molecule has 0 fully saturated rings. The first-order chi connectivity index (χ1) is 18.7. The van der Waals surface area contributed by atoms with Crippen molar-refractivity contribution in [3.8, 4) is 11.1 Å². The minimum atomic E-state index is 0.829. The summed E-state index contributed by atoms with van der Waals surface area (Å²) in [6.07, 6.45) is 4.05. The second-order valence-corrected chi connectivity index (χ2v) is 10.1. The lowest BCUT2D eigenvalue weighted by Crippen LogP contribution is -1.92. The lowest BCUT2D eigenvalue weighted by molar-refractivity contribution is 0.603. The highest BCUT2D eigenvalue weighted by Gasteiger charge is 2.29. The first-order valence-corrected chi connectivity index (χ1v) is 12.8. The van der Waals surface area contributed by atoms with E-state index in [2.05, 4.69) is 60.7 Å². The van der Waals surface area contributed by atoms with Crippen molar-refractivity contribution in [2.75, 3.05) is 0 Å². The molecular formula is C35H20O3. The molecule has 0 spiro atoms. The fraction of sp³-hybridized carbons (Fsp3) is 0.0286. The zero-order chi connectivity index (χ0) is 25.1. The Bertz CT molecular complexity index is 2370. The van der Waals surface area contributed by atoms with Crippen LogP contribution in [-0.4, -0.2) is 0 Å². The number of allylic oxidation sites excluding steroid dienone is 1. The van der Waals surface area contributed by atoms with Crippen molar-refractivity contribution >= 4 is 77.3 Å². The van der Waals surface area contributed by atoms with Crippen LogP contribution in [0, 0.1) is 0 Å². The summed E-state index contributed by atoms with van der Waals surface area (Å²) in [7, 11) is 0. The van der Waals surface area contributed by atoms with E-state index in [-0.39, 0.29) is 0 Å². The Morgan fingerprint density at radius 1 is 0.605 bits per heavy atom. The van der Waals surface area contributed by atoms with E-state index in [1.807, 2.05) is 37.3 Å². The molecule has 9 rings (SSSR count). The highest BCUT2D eigenvalue weighted by atomic mass is 16.3. The van der Waals surface area contributed by atoms with Gasteiger partial charge in [0.15, 0.2) is 0 Å². The van der Waals surface area contributed by atoms with E-state index in [0.717, 1.165) is 99.2 Å². The van der Waals surface area contributed by atoms with Crippen LogP contribution in [0.4, 0.5) is 0 Å². The predicted octanol–water partition coefficient (Wildman–Crippen LogP) is 10.5. The van der Waals surface area contributed by atoms with E-state index in [4.69, 9.17) is 19.8 Å². The van der Waals surface area contributed by atoms with E-state index in [1.54, 1.807) is 0 Å². The quantitative estimate of drug-likeness (QED) is 0.243. The second kappa shape index (κ2) is 6.84. The van der Waals surface area contributed by atoms with Gasteiger partial charge in [0.1, 0.15) is 33.7 Å². The van der Waals surface area contributed by atoms with Gasteiger partial charge in [0.2, 0.25) is 0 Å². The Hall–Kier alpha value is -5.02. The summed E-state index contributed by atoms with van der Waals surface area (Å²) in [5.41, 5.74) is 9.61. The Morgan fingerprint density at radius 3 is 2.18 bits per heavy atom. The van der Waals surface area contributed by atoms with Crippen LogP contribution in [0.5, 0.6) is 0 Å². The van der Waals surface area contributed by atoms with Crippen LogP contribution in [0.2, 0.25) is 0 Å². The molecule has 0 bridgehead atoms. The van der Waals surface area contributed by atoms with E-state index >= 15 is 0 Å². The predicted molar refractivity (Wildman–Crippen MR) is 157 cm³/mol. The van der Waals surface area contributed by atoms with Gasteiger partial charge in [-0.15, -0.1) is 0 Å². The monoisotopic (exact) mass is 488 g/mol. The second-order valence-electron chi connectivity index (χ2n) is 10.1. The van der Waals surface area contributed by atoms with Crippen molar-refractivity contribution in [2.45, 2.75) is 6.92 Å². The summed E-state index contributed by atoms with van der Waals surface area (Å²) in [6.45, 7) is 6.71. The molecular weight excluding hydrogens is 468 g/mol. The van der Waals surface area contributed by atoms with E-state index < -0.39 is 0 Å². The number of furan rings is 3. The Morgan fingerprint density at radius 2 is 1.32 bits per heavy atom. The zero-order valence-electron chi connectivity index (χ0n) is 20.6. The number of para-hydroxylation sites is 1. The molecule has 0 aliphatic heterocycles. The summed E-state index contributed by atoms with van der Waals surface area (Å²) >= 11 is 0. The molecule has 3 nitrogen and oxygen atoms in total. The van der Waals surface area contributed by atoms with Gasteiger partial charge in [0.25, 0.3) is 0 Å². The van der Waals surface area contributed by atoms with Gasteiger partial charge in [-0.05, 0) is 71.5 Å². The number of rotatable bonds is 2. The van der Waals surface area contributed by atoms with E-state index in [1.165, 1.54) is 0 Å². The molecule has 0 atom stereocenters. The molecule has 0 unspecified atom stereocenters. The largest absolute Gasteiger partial charge is 0.456 e. The molecule has 0 saturated heterocycles. The van der Waals surface area contributed by atoms with Crippen LogP contribution < -0.4 is 0 Å². The topological polar surface area (TPSA) is 39.4 Å². The van der Waals surface area contributed by atoms with Crippen LogP contribution in [-0.2, 0) is 0 Å².